The highest BCUT2D eigenvalue weighted by molar-refractivity contribution is 6.02. The monoisotopic (exact) mass is 386 g/mol. The van der Waals surface area contributed by atoms with Gasteiger partial charge in [0, 0.05) is 29.4 Å². The molecule has 0 atom stereocenters. The molecule has 29 heavy (non-hydrogen) atoms. The standard InChI is InChI=1S/C22H18N4O3/c1-2-29-16-10-8-15(9-11-16)26-20(27)18-7-4-3-6-17(18)19(21(26)28)14-25-22-23-12-5-13-24-22/h3-14,28H,2H2,1H3/b25-14+. The molecule has 0 aliphatic heterocycles. The van der Waals surface area contributed by atoms with Gasteiger partial charge in [-0.25, -0.2) is 19.5 Å². The average Bonchev–Trinajstić information content (AvgIpc) is 2.76. The molecular formula is C22H18N4O3. The lowest BCUT2D eigenvalue weighted by atomic mass is 10.1. The third-order valence-electron chi connectivity index (χ3n) is 4.37. The van der Waals surface area contributed by atoms with Gasteiger partial charge in [0.05, 0.1) is 17.9 Å². The van der Waals surface area contributed by atoms with Crippen molar-refractivity contribution in [2.75, 3.05) is 6.61 Å². The Balaban J connectivity index is 1.91. The topological polar surface area (TPSA) is 89.6 Å². The van der Waals surface area contributed by atoms with Gasteiger partial charge in [0.15, 0.2) is 0 Å². The van der Waals surface area contributed by atoms with Crippen LogP contribution in [-0.4, -0.2) is 32.5 Å². The molecule has 7 nitrogen and oxygen atoms in total. The van der Waals surface area contributed by atoms with Crippen LogP contribution in [0.15, 0.2) is 76.8 Å². The van der Waals surface area contributed by atoms with E-state index in [1.807, 2.05) is 6.92 Å². The molecule has 0 saturated carbocycles. The van der Waals surface area contributed by atoms with Crippen LogP contribution in [0.3, 0.4) is 0 Å². The summed E-state index contributed by atoms with van der Waals surface area (Å²) in [5.41, 5.74) is 0.601. The summed E-state index contributed by atoms with van der Waals surface area (Å²) in [4.78, 5) is 25.4. The Bertz CT molecular complexity index is 1230. The lowest BCUT2D eigenvalue weighted by molar-refractivity contribution is 0.340. The third-order valence-corrected chi connectivity index (χ3v) is 4.37. The van der Waals surface area contributed by atoms with Crippen LogP contribution in [0.1, 0.15) is 12.5 Å². The highest BCUT2D eigenvalue weighted by Crippen LogP contribution is 2.27. The normalized spacial score (nSPS) is 11.2. The van der Waals surface area contributed by atoms with Gasteiger partial charge in [-0.05, 0) is 43.3 Å². The predicted molar refractivity (Wildman–Crippen MR) is 112 cm³/mol. The van der Waals surface area contributed by atoms with Crippen LogP contribution in [0.4, 0.5) is 5.95 Å². The van der Waals surface area contributed by atoms with Crippen LogP contribution in [0.2, 0.25) is 0 Å². The largest absolute Gasteiger partial charge is 0.494 e. The first-order chi connectivity index (χ1) is 14.2. The molecule has 0 unspecified atom stereocenters. The Morgan fingerprint density at radius 2 is 1.72 bits per heavy atom. The smallest absolute Gasteiger partial charge is 0.265 e. The Labute approximate surface area is 166 Å². The number of benzene rings is 2. The van der Waals surface area contributed by atoms with Crippen molar-refractivity contribution in [3.8, 4) is 17.3 Å². The number of aromatic nitrogens is 3. The van der Waals surface area contributed by atoms with Crippen molar-refractivity contribution in [3.05, 3.63) is 82.9 Å². The summed E-state index contributed by atoms with van der Waals surface area (Å²) in [7, 11) is 0. The molecule has 0 bridgehead atoms. The Morgan fingerprint density at radius 1 is 1.03 bits per heavy atom. The van der Waals surface area contributed by atoms with Crippen molar-refractivity contribution < 1.29 is 9.84 Å². The lowest BCUT2D eigenvalue weighted by Gasteiger charge is -2.14. The minimum absolute atomic E-state index is 0.211. The van der Waals surface area contributed by atoms with E-state index in [4.69, 9.17) is 4.74 Å². The molecule has 0 amide bonds. The maximum atomic E-state index is 13.1. The number of hydrogen-bond donors (Lipinski definition) is 1. The number of pyridine rings is 1. The molecule has 144 valence electrons. The molecular weight excluding hydrogens is 368 g/mol. The fraction of sp³-hybridized carbons (Fsp3) is 0.0909. The van der Waals surface area contributed by atoms with E-state index < -0.39 is 0 Å². The van der Waals surface area contributed by atoms with Gasteiger partial charge in [0.1, 0.15) is 5.75 Å². The summed E-state index contributed by atoms with van der Waals surface area (Å²) in [6, 6.07) is 15.7. The van der Waals surface area contributed by atoms with E-state index in [-0.39, 0.29) is 17.4 Å². The summed E-state index contributed by atoms with van der Waals surface area (Å²) in [6.07, 6.45) is 4.63. The number of rotatable bonds is 5. The summed E-state index contributed by atoms with van der Waals surface area (Å²) in [6.45, 7) is 2.44. The predicted octanol–water partition coefficient (Wildman–Crippen LogP) is 3.64. The van der Waals surface area contributed by atoms with Gasteiger partial charge in [0.25, 0.3) is 5.56 Å². The number of nitrogens with zero attached hydrogens (tertiary/aromatic N) is 4. The SMILES string of the molecule is CCOc1ccc(-n2c(O)c(/C=N/c3ncccn3)c3ccccc3c2=O)cc1. The summed E-state index contributed by atoms with van der Waals surface area (Å²) < 4.78 is 6.71. The van der Waals surface area contributed by atoms with Gasteiger partial charge >= 0.3 is 0 Å². The fourth-order valence-corrected chi connectivity index (χ4v) is 3.07. The van der Waals surface area contributed by atoms with Crippen molar-refractivity contribution in [2.45, 2.75) is 6.92 Å². The zero-order chi connectivity index (χ0) is 20.2. The van der Waals surface area contributed by atoms with Crippen LogP contribution in [0, 0.1) is 0 Å². The van der Waals surface area contributed by atoms with Crippen molar-refractivity contribution in [1.29, 1.82) is 0 Å². The molecule has 4 aromatic rings. The third kappa shape index (κ3) is 3.58. The van der Waals surface area contributed by atoms with E-state index in [2.05, 4.69) is 15.0 Å². The first-order valence-electron chi connectivity index (χ1n) is 9.10. The van der Waals surface area contributed by atoms with E-state index in [1.54, 1.807) is 67.0 Å². The van der Waals surface area contributed by atoms with Gasteiger partial charge in [-0.2, -0.15) is 0 Å². The first-order valence-corrected chi connectivity index (χ1v) is 9.10. The van der Waals surface area contributed by atoms with E-state index in [0.717, 1.165) is 0 Å². The first kappa shape index (κ1) is 18.4. The molecule has 2 heterocycles. The van der Waals surface area contributed by atoms with Gasteiger partial charge in [-0.3, -0.25) is 4.79 Å². The highest BCUT2D eigenvalue weighted by atomic mass is 16.5. The lowest BCUT2D eigenvalue weighted by Crippen LogP contribution is -2.20. The number of aliphatic imine (C=N–C) groups is 1. The summed E-state index contributed by atoms with van der Waals surface area (Å²) in [5, 5.41) is 12.0. The molecule has 0 radical (unpaired) electrons. The van der Waals surface area contributed by atoms with E-state index in [0.29, 0.717) is 34.4 Å². The van der Waals surface area contributed by atoms with E-state index >= 15 is 0 Å². The van der Waals surface area contributed by atoms with Crippen molar-refractivity contribution >= 4 is 22.9 Å². The average molecular weight is 386 g/mol. The van der Waals surface area contributed by atoms with Crippen molar-refractivity contribution in [3.63, 3.8) is 0 Å². The Kier molecular flexibility index (Phi) is 5.03. The molecule has 0 aliphatic carbocycles. The number of fused-ring (bicyclic) bond motifs is 1. The van der Waals surface area contributed by atoms with Gasteiger partial charge in [-0.1, -0.05) is 18.2 Å². The second-order valence-corrected chi connectivity index (χ2v) is 6.16. The Hall–Kier alpha value is -4.00. The van der Waals surface area contributed by atoms with Crippen molar-refractivity contribution in [2.24, 2.45) is 4.99 Å². The van der Waals surface area contributed by atoms with Crippen LogP contribution >= 0.6 is 0 Å². The fourth-order valence-electron chi connectivity index (χ4n) is 3.07. The molecule has 0 aliphatic rings. The van der Waals surface area contributed by atoms with Crippen molar-refractivity contribution in [1.82, 2.24) is 14.5 Å². The number of aromatic hydroxyl groups is 1. The molecule has 0 spiro atoms. The minimum atomic E-state index is -0.324. The van der Waals surface area contributed by atoms with Crippen LogP contribution in [-0.2, 0) is 0 Å². The molecule has 7 heteroatoms. The molecule has 0 saturated heterocycles. The second-order valence-electron chi connectivity index (χ2n) is 6.16. The van der Waals surface area contributed by atoms with E-state index in [1.165, 1.54) is 10.8 Å². The second kappa shape index (κ2) is 7.93. The van der Waals surface area contributed by atoms with Crippen LogP contribution in [0.25, 0.3) is 16.5 Å². The summed E-state index contributed by atoms with van der Waals surface area (Å²) >= 11 is 0. The Morgan fingerprint density at radius 3 is 2.41 bits per heavy atom. The van der Waals surface area contributed by atoms with Gasteiger partial charge in [0.2, 0.25) is 11.8 Å². The molecule has 0 fully saturated rings. The maximum absolute atomic E-state index is 13.1. The molecule has 2 aromatic carbocycles. The van der Waals surface area contributed by atoms with Gasteiger partial charge < -0.3 is 9.84 Å². The number of hydrogen-bond acceptors (Lipinski definition) is 6. The minimum Gasteiger partial charge on any atom is -0.494 e. The molecule has 4 rings (SSSR count). The zero-order valence-electron chi connectivity index (χ0n) is 15.7. The maximum Gasteiger partial charge on any atom is 0.265 e. The molecule has 1 N–H and O–H groups in total. The highest BCUT2D eigenvalue weighted by Gasteiger charge is 2.16. The zero-order valence-corrected chi connectivity index (χ0v) is 15.7. The van der Waals surface area contributed by atoms with E-state index in [9.17, 15) is 9.90 Å². The summed E-state index contributed by atoms with van der Waals surface area (Å²) in [5.74, 6) is 0.736. The van der Waals surface area contributed by atoms with Crippen LogP contribution in [0.5, 0.6) is 11.6 Å². The molecule has 2 aromatic heterocycles. The quantitative estimate of drug-likeness (QED) is 0.529. The van der Waals surface area contributed by atoms with Crippen LogP contribution < -0.4 is 10.3 Å². The number of ether oxygens (including phenoxy) is 1. The van der Waals surface area contributed by atoms with Gasteiger partial charge in [-0.15, -0.1) is 0 Å².